The predicted octanol–water partition coefficient (Wildman–Crippen LogP) is 4.72. The second-order valence-electron chi connectivity index (χ2n) is 7.26. The highest BCUT2D eigenvalue weighted by molar-refractivity contribution is 8.13. The lowest BCUT2D eigenvalue weighted by atomic mass is 9.91. The number of hydrogen-bond donors (Lipinski definition) is 0. The first kappa shape index (κ1) is 22.8. The van der Waals surface area contributed by atoms with Crippen LogP contribution in [0.1, 0.15) is 22.6 Å². The van der Waals surface area contributed by atoms with Crippen LogP contribution in [0.2, 0.25) is 0 Å². The molecule has 1 heterocycles. The molecule has 0 fully saturated rings. The van der Waals surface area contributed by atoms with Crippen LogP contribution in [0, 0.1) is 18.2 Å². The zero-order valence-electron chi connectivity index (χ0n) is 17.7. The van der Waals surface area contributed by atoms with E-state index in [-0.39, 0.29) is 21.8 Å². The van der Waals surface area contributed by atoms with Gasteiger partial charge in [0.15, 0.2) is 5.17 Å². The van der Waals surface area contributed by atoms with E-state index >= 15 is 0 Å². The predicted molar refractivity (Wildman–Crippen MR) is 131 cm³/mol. The monoisotopic (exact) mass is 477 g/mol. The maximum Gasteiger partial charge on any atom is 0.284 e. The molecule has 3 aromatic carbocycles. The molecule has 1 aliphatic heterocycles. The third kappa shape index (κ3) is 5.00. The van der Waals surface area contributed by atoms with Crippen molar-refractivity contribution in [2.24, 2.45) is 9.50 Å². The van der Waals surface area contributed by atoms with Crippen molar-refractivity contribution in [1.82, 2.24) is 5.01 Å². The summed E-state index contributed by atoms with van der Waals surface area (Å²) in [6, 6.07) is 21.9. The lowest BCUT2D eigenvalue weighted by Gasteiger charge is -2.17. The highest BCUT2D eigenvalue weighted by Crippen LogP contribution is 2.31. The minimum atomic E-state index is -3.97. The van der Waals surface area contributed by atoms with Crippen LogP contribution in [0.3, 0.4) is 0 Å². The number of amidine groups is 1. The Bertz CT molecular complexity index is 1350. The average molecular weight is 478 g/mol. The average Bonchev–Trinajstić information content (AvgIpc) is 3.29. The van der Waals surface area contributed by atoms with Gasteiger partial charge < -0.3 is 0 Å². The Balaban J connectivity index is 1.72. The van der Waals surface area contributed by atoms with Gasteiger partial charge in [-0.05, 0) is 53.8 Å². The van der Waals surface area contributed by atoms with Crippen molar-refractivity contribution in [2.75, 3.05) is 12.8 Å². The Hall–Kier alpha value is -3.41. The molecule has 1 atom stereocenters. The molecule has 0 aliphatic carbocycles. The van der Waals surface area contributed by atoms with E-state index < -0.39 is 10.0 Å². The Morgan fingerprint density at radius 2 is 1.76 bits per heavy atom. The summed E-state index contributed by atoms with van der Waals surface area (Å²) in [4.78, 5) is 0.0505. The largest absolute Gasteiger partial charge is 0.284 e. The van der Waals surface area contributed by atoms with E-state index in [2.05, 4.69) is 10.3 Å². The number of halogens is 1. The number of terminal acetylenes is 1. The number of rotatable bonds is 4. The summed E-state index contributed by atoms with van der Waals surface area (Å²) >= 11 is 1.19. The molecule has 0 N–H and O–H groups in total. The highest BCUT2D eigenvalue weighted by atomic mass is 32.2. The van der Waals surface area contributed by atoms with Gasteiger partial charge in [0.2, 0.25) is 0 Å². The quantitative estimate of drug-likeness (QED) is 0.310. The number of hydrogen-bond acceptors (Lipinski definition) is 4. The molecule has 0 bridgehead atoms. The first-order chi connectivity index (χ1) is 15.9. The van der Waals surface area contributed by atoms with Gasteiger partial charge in [-0.15, -0.1) is 10.8 Å². The third-order valence-electron chi connectivity index (χ3n) is 5.18. The fourth-order valence-corrected chi connectivity index (χ4v) is 5.32. The first-order valence-electron chi connectivity index (χ1n) is 10.0. The van der Waals surface area contributed by atoms with Crippen LogP contribution < -0.4 is 0 Å². The van der Waals surface area contributed by atoms with Gasteiger partial charge in [0.1, 0.15) is 5.82 Å². The topological polar surface area (TPSA) is 62.1 Å². The molecule has 0 radical (unpaired) electrons. The summed E-state index contributed by atoms with van der Waals surface area (Å²) in [6.07, 6.45) is 7.10. The van der Waals surface area contributed by atoms with Crippen molar-refractivity contribution in [2.45, 2.75) is 10.8 Å². The maximum atomic E-state index is 13.5. The lowest BCUT2D eigenvalue weighted by Crippen LogP contribution is -2.24. The van der Waals surface area contributed by atoms with Crippen LogP contribution in [0.15, 0.2) is 93.3 Å². The standard InChI is InChI=1S/C25H20FN3O2S2/c1-3-18-9-15-22(16-10-18)33(30,31)28-25(32-2)29-17-23(19-7-5-4-6-8-19)24(27-29)20-11-13-21(26)14-12-20/h1,4-16,23H,17H2,2H3. The summed E-state index contributed by atoms with van der Waals surface area (Å²) in [5.41, 5.74) is 3.10. The van der Waals surface area contributed by atoms with Crippen molar-refractivity contribution < 1.29 is 12.8 Å². The Kier molecular flexibility index (Phi) is 6.63. The molecule has 3 aromatic rings. The molecule has 0 saturated heterocycles. The molecule has 8 heteroatoms. The van der Waals surface area contributed by atoms with E-state index in [1.165, 1.54) is 36.0 Å². The van der Waals surface area contributed by atoms with Gasteiger partial charge in [0, 0.05) is 11.5 Å². The normalized spacial score (nSPS) is 16.4. The van der Waals surface area contributed by atoms with E-state index in [1.807, 2.05) is 30.3 Å². The van der Waals surface area contributed by atoms with Crippen LogP contribution in [0.5, 0.6) is 0 Å². The number of hydrazone groups is 1. The molecule has 33 heavy (non-hydrogen) atoms. The lowest BCUT2D eigenvalue weighted by molar-refractivity contribution is 0.484. The zero-order chi connectivity index (χ0) is 23.4. The van der Waals surface area contributed by atoms with E-state index in [4.69, 9.17) is 11.5 Å². The molecule has 4 rings (SSSR count). The minimum Gasteiger partial charge on any atom is -0.240 e. The SMILES string of the molecule is C#Cc1ccc(S(=O)(=O)N=C(SC)N2CC(c3ccccc3)C(c3ccc(F)cc3)=N2)cc1. The first-order valence-corrected chi connectivity index (χ1v) is 12.7. The summed E-state index contributed by atoms with van der Waals surface area (Å²) in [5, 5.41) is 6.54. The summed E-state index contributed by atoms with van der Waals surface area (Å²) in [7, 11) is -3.97. The van der Waals surface area contributed by atoms with Crippen molar-refractivity contribution in [3.05, 3.63) is 101 Å². The second kappa shape index (κ2) is 9.61. The van der Waals surface area contributed by atoms with Crippen LogP contribution >= 0.6 is 11.8 Å². The van der Waals surface area contributed by atoms with Gasteiger partial charge in [-0.25, -0.2) is 9.40 Å². The molecular formula is C25H20FN3O2S2. The van der Waals surface area contributed by atoms with Crippen molar-refractivity contribution >= 4 is 32.7 Å². The van der Waals surface area contributed by atoms with E-state index in [1.54, 1.807) is 35.5 Å². The van der Waals surface area contributed by atoms with Crippen molar-refractivity contribution in [3.63, 3.8) is 0 Å². The molecule has 0 aromatic heterocycles. The Morgan fingerprint density at radius 1 is 1.09 bits per heavy atom. The van der Waals surface area contributed by atoms with E-state index in [9.17, 15) is 12.8 Å². The van der Waals surface area contributed by atoms with E-state index in [0.29, 0.717) is 12.1 Å². The van der Waals surface area contributed by atoms with Crippen LogP contribution in [0.25, 0.3) is 0 Å². The van der Waals surface area contributed by atoms with Crippen LogP contribution in [-0.4, -0.2) is 37.1 Å². The number of thioether (sulfide) groups is 1. The molecule has 0 saturated carbocycles. The van der Waals surface area contributed by atoms with Crippen molar-refractivity contribution in [3.8, 4) is 12.3 Å². The number of benzene rings is 3. The van der Waals surface area contributed by atoms with Gasteiger partial charge in [0.25, 0.3) is 10.0 Å². The fourth-order valence-electron chi connectivity index (χ4n) is 3.52. The Labute approximate surface area is 197 Å². The summed E-state index contributed by atoms with van der Waals surface area (Å²) in [5.74, 6) is 2.00. The molecule has 0 spiro atoms. The smallest absolute Gasteiger partial charge is 0.240 e. The molecule has 0 amide bonds. The minimum absolute atomic E-state index is 0.0505. The maximum absolute atomic E-state index is 13.5. The van der Waals surface area contributed by atoms with Gasteiger partial charge >= 0.3 is 0 Å². The third-order valence-corrected chi connectivity index (χ3v) is 7.24. The Morgan fingerprint density at radius 3 is 2.36 bits per heavy atom. The second-order valence-corrected chi connectivity index (χ2v) is 9.64. The molecule has 166 valence electrons. The van der Waals surface area contributed by atoms with Crippen molar-refractivity contribution in [1.29, 1.82) is 0 Å². The highest BCUT2D eigenvalue weighted by Gasteiger charge is 2.32. The fraction of sp³-hybridized carbons (Fsp3) is 0.120. The summed E-state index contributed by atoms with van der Waals surface area (Å²) < 4.78 is 43.4. The van der Waals surface area contributed by atoms with Crippen LogP contribution in [0.4, 0.5) is 4.39 Å². The number of sulfonamides is 1. The van der Waals surface area contributed by atoms with Gasteiger partial charge in [-0.2, -0.15) is 13.5 Å². The summed E-state index contributed by atoms with van der Waals surface area (Å²) in [6.45, 7) is 0.405. The molecule has 1 unspecified atom stereocenters. The van der Waals surface area contributed by atoms with Gasteiger partial charge in [-0.1, -0.05) is 60.1 Å². The van der Waals surface area contributed by atoms with Gasteiger partial charge in [0.05, 0.1) is 17.2 Å². The molecule has 5 nitrogen and oxygen atoms in total. The van der Waals surface area contributed by atoms with Crippen LogP contribution in [-0.2, 0) is 10.0 Å². The zero-order valence-corrected chi connectivity index (χ0v) is 19.4. The molecular weight excluding hydrogens is 457 g/mol. The van der Waals surface area contributed by atoms with E-state index in [0.717, 1.165) is 16.8 Å². The number of nitrogens with zero attached hydrogens (tertiary/aromatic N) is 3. The molecule has 1 aliphatic rings. The van der Waals surface area contributed by atoms with Gasteiger partial charge in [-0.3, -0.25) is 0 Å².